The van der Waals surface area contributed by atoms with Gasteiger partial charge in [-0.2, -0.15) is 0 Å². The average Bonchev–Trinajstić information content (AvgIpc) is 2.32. The molecule has 0 bridgehead atoms. The van der Waals surface area contributed by atoms with Crippen molar-refractivity contribution in [1.29, 1.82) is 0 Å². The quantitative estimate of drug-likeness (QED) is 0.878. The number of hydrogen-bond donors (Lipinski definition) is 1. The zero-order valence-electron chi connectivity index (χ0n) is 11.0. The number of amides is 1. The van der Waals surface area contributed by atoms with Crippen LogP contribution in [-0.4, -0.2) is 23.9 Å². The summed E-state index contributed by atoms with van der Waals surface area (Å²) < 4.78 is 1.03. The lowest BCUT2D eigenvalue weighted by Gasteiger charge is -2.20. The topological polar surface area (TPSA) is 46.3 Å². The third kappa shape index (κ3) is 4.78. The second-order valence-electron chi connectivity index (χ2n) is 4.59. The first-order valence-corrected chi connectivity index (χ1v) is 7.06. The van der Waals surface area contributed by atoms with Crippen LogP contribution in [-0.2, 0) is 11.3 Å². The highest BCUT2D eigenvalue weighted by Crippen LogP contribution is 2.17. The lowest BCUT2D eigenvalue weighted by atomic mass is 10.1. The first kappa shape index (κ1) is 15.2. The largest absolute Gasteiger partial charge is 0.341 e. The van der Waals surface area contributed by atoms with E-state index in [9.17, 15) is 4.79 Å². The summed E-state index contributed by atoms with van der Waals surface area (Å²) in [6.07, 6.45) is 2.34. The molecule has 1 amide bonds. The molecule has 4 heteroatoms. The molecule has 18 heavy (non-hydrogen) atoms. The van der Waals surface area contributed by atoms with Crippen LogP contribution in [0.5, 0.6) is 0 Å². The number of carbonyl (C=O) groups is 1. The summed E-state index contributed by atoms with van der Waals surface area (Å²) in [4.78, 5) is 13.7. The van der Waals surface area contributed by atoms with E-state index in [1.165, 1.54) is 0 Å². The Hall–Kier alpha value is -0.870. The molecule has 1 rings (SSSR count). The molecule has 0 saturated carbocycles. The first-order chi connectivity index (χ1) is 8.54. The van der Waals surface area contributed by atoms with Gasteiger partial charge in [0, 0.05) is 30.5 Å². The highest BCUT2D eigenvalue weighted by Gasteiger charge is 2.14. The molecule has 1 aromatic rings. The fourth-order valence-electron chi connectivity index (χ4n) is 1.82. The lowest BCUT2D eigenvalue weighted by molar-refractivity contribution is -0.130. The molecule has 0 aliphatic heterocycles. The average molecular weight is 313 g/mol. The Bertz CT molecular complexity index is 395. The van der Waals surface area contributed by atoms with E-state index >= 15 is 0 Å². The highest BCUT2D eigenvalue weighted by molar-refractivity contribution is 9.10. The number of nitrogens with two attached hydrogens (primary N) is 1. The van der Waals surface area contributed by atoms with E-state index in [4.69, 9.17) is 5.73 Å². The summed E-state index contributed by atoms with van der Waals surface area (Å²) in [7, 11) is 1.82. The Morgan fingerprint density at radius 1 is 1.44 bits per heavy atom. The van der Waals surface area contributed by atoms with Gasteiger partial charge in [0.25, 0.3) is 0 Å². The van der Waals surface area contributed by atoms with Gasteiger partial charge in [0.2, 0.25) is 5.91 Å². The van der Waals surface area contributed by atoms with Gasteiger partial charge in [0.15, 0.2) is 0 Å². The van der Waals surface area contributed by atoms with E-state index in [-0.39, 0.29) is 11.9 Å². The Morgan fingerprint density at radius 2 is 2.11 bits per heavy atom. The van der Waals surface area contributed by atoms with Crippen molar-refractivity contribution in [3.05, 3.63) is 34.3 Å². The molecule has 0 aromatic heterocycles. The summed E-state index contributed by atoms with van der Waals surface area (Å²) in [5, 5.41) is 0. The van der Waals surface area contributed by atoms with Crippen LogP contribution in [0.3, 0.4) is 0 Å². The Kier molecular flexibility index (Phi) is 6.36. The number of hydrogen-bond acceptors (Lipinski definition) is 2. The standard InChI is InChI=1S/C14H21BrN2O/c1-3-6-12(16)9-14(18)17(2)10-11-7-4-5-8-13(11)15/h4-5,7-8,12H,3,6,9-10,16H2,1-2H3. The van der Waals surface area contributed by atoms with Crippen molar-refractivity contribution in [2.24, 2.45) is 5.73 Å². The van der Waals surface area contributed by atoms with Crippen molar-refractivity contribution in [1.82, 2.24) is 4.90 Å². The van der Waals surface area contributed by atoms with Crippen molar-refractivity contribution >= 4 is 21.8 Å². The van der Waals surface area contributed by atoms with Gasteiger partial charge in [0.1, 0.15) is 0 Å². The van der Waals surface area contributed by atoms with Crippen LogP contribution < -0.4 is 5.73 Å². The minimum absolute atomic E-state index is 0.0239. The number of carbonyl (C=O) groups excluding carboxylic acids is 1. The van der Waals surface area contributed by atoms with Crippen molar-refractivity contribution in [3.63, 3.8) is 0 Å². The monoisotopic (exact) mass is 312 g/mol. The molecule has 0 aliphatic rings. The van der Waals surface area contributed by atoms with Crippen molar-refractivity contribution in [2.45, 2.75) is 38.8 Å². The second-order valence-corrected chi connectivity index (χ2v) is 5.45. The molecule has 0 fully saturated rings. The summed E-state index contributed by atoms with van der Waals surface area (Å²) in [5.74, 6) is 0.103. The summed E-state index contributed by atoms with van der Waals surface area (Å²) in [5.41, 5.74) is 7.00. The summed E-state index contributed by atoms with van der Waals surface area (Å²) >= 11 is 3.49. The van der Waals surface area contributed by atoms with Gasteiger partial charge >= 0.3 is 0 Å². The maximum absolute atomic E-state index is 12.0. The van der Waals surface area contributed by atoms with Gasteiger partial charge in [-0.25, -0.2) is 0 Å². The van der Waals surface area contributed by atoms with Crippen LogP contribution in [0.15, 0.2) is 28.7 Å². The Morgan fingerprint density at radius 3 is 2.72 bits per heavy atom. The number of halogens is 1. The van der Waals surface area contributed by atoms with E-state index < -0.39 is 0 Å². The molecule has 0 aliphatic carbocycles. The van der Waals surface area contributed by atoms with Gasteiger partial charge in [-0.05, 0) is 18.1 Å². The second kappa shape index (κ2) is 7.54. The predicted octanol–water partition coefficient (Wildman–Crippen LogP) is 2.93. The molecule has 1 aromatic carbocycles. The summed E-state index contributed by atoms with van der Waals surface area (Å²) in [6, 6.07) is 7.91. The van der Waals surface area contributed by atoms with Crippen LogP contribution in [0.1, 0.15) is 31.7 Å². The molecule has 0 heterocycles. The smallest absolute Gasteiger partial charge is 0.224 e. The molecule has 3 nitrogen and oxygen atoms in total. The third-order valence-electron chi connectivity index (χ3n) is 2.89. The van der Waals surface area contributed by atoms with Gasteiger partial charge in [-0.3, -0.25) is 4.79 Å². The van der Waals surface area contributed by atoms with Gasteiger partial charge < -0.3 is 10.6 Å². The van der Waals surface area contributed by atoms with Gasteiger partial charge in [-0.1, -0.05) is 47.5 Å². The minimum Gasteiger partial charge on any atom is -0.341 e. The van der Waals surface area contributed by atoms with Crippen LogP contribution in [0.2, 0.25) is 0 Å². The van der Waals surface area contributed by atoms with E-state index in [1.54, 1.807) is 4.90 Å². The van der Waals surface area contributed by atoms with Gasteiger partial charge in [0.05, 0.1) is 0 Å². The maximum Gasteiger partial charge on any atom is 0.224 e. The first-order valence-electron chi connectivity index (χ1n) is 6.27. The molecule has 100 valence electrons. The van der Waals surface area contributed by atoms with E-state index in [2.05, 4.69) is 22.9 Å². The zero-order chi connectivity index (χ0) is 13.5. The number of benzene rings is 1. The predicted molar refractivity (Wildman–Crippen MR) is 78.1 cm³/mol. The normalized spacial score (nSPS) is 12.2. The summed E-state index contributed by atoms with van der Waals surface area (Å²) in [6.45, 7) is 2.69. The van der Waals surface area contributed by atoms with Crippen LogP contribution >= 0.6 is 15.9 Å². The van der Waals surface area contributed by atoms with Crippen LogP contribution in [0.25, 0.3) is 0 Å². The zero-order valence-corrected chi connectivity index (χ0v) is 12.6. The SMILES string of the molecule is CCCC(N)CC(=O)N(C)Cc1ccccc1Br. The molecular formula is C14H21BrN2O. The molecule has 2 N–H and O–H groups in total. The third-order valence-corrected chi connectivity index (χ3v) is 3.66. The highest BCUT2D eigenvalue weighted by atomic mass is 79.9. The lowest BCUT2D eigenvalue weighted by Crippen LogP contribution is -2.33. The molecule has 0 radical (unpaired) electrons. The maximum atomic E-state index is 12.0. The molecule has 0 saturated heterocycles. The van der Waals surface area contributed by atoms with Crippen LogP contribution in [0.4, 0.5) is 0 Å². The number of rotatable bonds is 6. The molecule has 1 atom stereocenters. The Labute approximate surface area is 117 Å². The van der Waals surface area contributed by atoms with Crippen molar-refractivity contribution < 1.29 is 4.79 Å². The van der Waals surface area contributed by atoms with Crippen molar-refractivity contribution in [2.75, 3.05) is 7.05 Å². The Balaban J connectivity index is 2.52. The molecular weight excluding hydrogens is 292 g/mol. The minimum atomic E-state index is -0.0239. The number of nitrogens with zero attached hydrogens (tertiary/aromatic N) is 1. The molecule has 0 spiro atoms. The van der Waals surface area contributed by atoms with E-state index in [0.717, 1.165) is 22.9 Å². The van der Waals surface area contributed by atoms with E-state index in [0.29, 0.717) is 13.0 Å². The van der Waals surface area contributed by atoms with Crippen molar-refractivity contribution in [3.8, 4) is 0 Å². The van der Waals surface area contributed by atoms with Gasteiger partial charge in [-0.15, -0.1) is 0 Å². The fraction of sp³-hybridized carbons (Fsp3) is 0.500. The van der Waals surface area contributed by atoms with Crippen LogP contribution in [0, 0.1) is 0 Å². The van der Waals surface area contributed by atoms with E-state index in [1.807, 2.05) is 31.3 Å². The fourth-order valence-corrected chi connectivity index (χ4v) is 2.23. The molecule has 1 unspecified atom stereocenters.